The fraction of sp³-hybridized carbons (Fsp3) is 0.429. The molecule has 7 heteroatoms. The van der Waals surface area contributed by atoms with Gasteiger partial charge in [0.15, 0.2) is 0 Å². The highest BCUT2D eigenvalue weighted by molar-refractivity contribution is 5.94. The fourth-order valence-corrected chi connectivity index (χ4v) is 2.29. The van der Waals surface area contributed by atoms with Gasteiger partial charge in [-0.25, -0.2) is 0 Å². The third kappa shape index (κ3) is 2.86. The summed E-state index contributed by atoms with van der Waals surface area (Å²) in [5.74, 6) is 0.678. The third-order valence-corrected chi connectivity index (χ3v) is 3.52. The lowest BCUT2D eigenvalue weighted by molar-refractivity contribution is 0.0745. The Morgan fingerprint density at radius 3 is 2.52 bits per heavy atom. The van der Waals surface area contributed by atoms with E-state index >= 15 is 0 Å². The number of piperazine rings is 1. The maximum absolute atomic E-state index is 12.3. The van der Waals surface area contributed by atoms with Crippen molar-refractivity contribution in [2.75, 3.05) is 31.1 Å². The van der Waals surface area contributed by atoms with E-state index in [2.05, 4.69) is 15.2 Å². The Kier molecular flexibility index (Phi) is 3.81. The second-order valence-corrected chi connectivity index (χ2v) is 4.85. The zero-order valence-electron chi connectivity index (χ0n) is 11.9. The normalized spacial score (nSPS) is 15.3. The minimum absolute atomic E-state index is 0.0387. The Morgan fingerprint density at radius 1 is 1.19 bits per heavy atom. The first-order valence-corrected chi connectivity index (χ1v) is 7.04. The molecule has 0 aliphatic carbocycles. The molecular formula is C14H17N5O2. The van der Waals surface area contributed by atoms with Gasteiger partial charge >= 0.3 is 6.01 Å². The maximum Gasteiger partial charge on any atom is 0.318 e. The van der Waals surface area contributed by atoms with E-state index in [9.17, 15) is 4.79 Å². The number of aromatic nitrogens is 3. The molecule has 0 saturated carbocycles. The number of aryl methyl sites for hydroxylation is 1. The summed E-state index contributed by atoms with van der Waals surface area (Å²) in [5.41, 5.74) is 0.671. The molecule has 2 aromatic rings. The van der Waals surface area contributed by atoms with Crippen LogP contribution in [0.4, 0.5) is 6.01 Å². The van der Waals surface area contributed by atoms with Crippen LogP contribution in [0.3, 0.4) is 0 Å². The molecule has 1 fully saturated rings. The van der Waals surface area contributed by atoms with E-state index in [-0.39, 0.29) is 5.91 Å². The van der Waals surface area contributed by atoms with Crippen molar-refractivity contribution in [2.24, 2.45) is 0 Å². The predicted octanol–water partition coefficient (Wildman–Crippen LogP) is 0.989. The van der Waals surface area contributed by atoms with Gasteiger partial charge in [-0.15, -0.1) is 5.10 Å². The Labute approximate surface area is 122 Å². The molecule has 110 valence electrons. The molecule has 1 aliphatic heterocycles. The van der Waals surface area contributed by atoms with Crippen LogP contribution < -0.4 is 4.90 Å². The van der Waals surface area contributed by atoms with E-state index < -0.39 is 0 Å². The monoisotopic (exact) mass is 287 g/mol. The van der Waals surface area contributed by atoms with Crippen LogP contribution in [0, 0.1) is 0 Å². The minimum Gasteiger partial charge on any atom is -0.408 e. The van der Waals surface area contributed by atoms with E-state index in [0.717, 1.165) is 6.42 Å². The number of nitrogens with zero attached hydrogens (tertiary/aromatic N) is 5. The molecule has 0 aromatic carbocycles. The molecule has 7 nitrogen and oxygen atoms in total. The van der Waals surface area contributed by atoms with Crippen LogP contribution in [0.15, 0.2) is 28.9 Å². The number of hydrogen-bond donors (Lipinski definition) is 0. The Morgan fingerprint density at radius 2 is 1.90 bits per heavy atom. The number of hydrogen-bond acceptors (Lipinski definition) is 6. The summed E-state index contributed by atoms with van der Waals surface area (Å²) in [7, 11) is 0. The number of anilines is 1. The van der Waals surface area contributed by atoms with E-state index in [4.69, 9.17) is 4.42 Å². The number of carbonyl (C=O) groups excluding carboxylic acids is 1. The first-order valence-electron chi connectivity index (χ1n) is 7.04. The van der Waals surface area contributed by atoms with Crippen LogP contribution in [0.2, 0.25) is 0 Å². The first-order chi connectivity index (χ1) is 10.3. The van der Waals surface area contributed by atoms with E-state index in [1.165, 1.54) is 0 Å². The van der Waals surface area contributed by atoms with Crippen molar-refractivity contribution < 1.29 is 9.21 Å². The lowest BCUT2D eigenvalue weighted by Crippen LogP contribution is -2.48. The highest BCUT2D eigenvalue weighted by Gasteiger charge is 2.24. The van der Waals surface area contributed by atoms with Crippen molar-refractivity contribution in [1.29, 1.82) is 0 Å². The average molecular weight is 287 g/mol. The van der Waals surface area contributed by atoms with Gasteiger partial charge in [-0.3, -0.25) is 9.78 Å². The van der Waals surface area contributed by atoms with Crippen molar-refractivity contribution in [3.63, 3.8) is 0 Å². The SMILES string of the molecule is CCc1nnc(N2CCN(C(=O)c3ccncc3)CC2)o1. The van der Waals surface area contributed by atoms with E-state index in [1.807, 2.05) is 16.7 Å². The summed E-state index contributed by atoms with van der Waals surface area (Å²) in [6.45, 7) is 4.66. The molecule has 0 radical (unpaired) electrons. The first kappa shape index (κ1) is 13.5. The summed E-state index contributed by atoms with van der Waals surface area (Å²) < 4.78 is 5.54. The highest BCUT2D eigenvalue weighted by atomic mass is 16.4. The van der Waals surface area contributed by atoms with Crippen molar-refractivity contribution in [3.8, 4) is 0 Å². The zero-order chi connectivity index (χ0) is 14.7. The largest absolute Gasteiger partial charge is 0.408 e. The number of pyridine rings is 1. The highest BCUT2D eigenvalue weighted by Crippen LogP contribution is 2.16. The second kappa shape index (κ2) is 5.90. The molecule has 2 aromatic heterocycles. The van der Waals surface area contributed by atoms with E-state index in [0.29, 0.717) is 43.6 Å². The Hall–Kier alpha value is -2.44. The van der Waals surface area contributed by atoms with Gasteiger partial charge in [-0.05, 0) is 12.1 Å². The van der Waals surface area contributed by atoms with Gasteiger partial charge in [0.25, 0.3) is 5.91 Å². The van der Waals surface area contributed by atoms with Gasteiger partial charge in [-0.2, -0.15) is 0 Å². The van der Waals surface area contributed by atoms with Crippen LogP contribution in [0.1, 0.15) is 23.2 Å². The molecular weight excluding hydrogens is 270 g/mol. The fourth-order valence-electron chi connectivity index (χ4n) is 2.29. The van der Waals surface area contributed by atoms with Crippen molar-refractivity contribution >= 4 is 11.9 Å². The maximum atomic E-state index is 12.3. The molecule has 3 heterocycles. The van der Waals surface area contributed by atoms with Gasteiger partial charge < -0.3 is 14.2 Å². The van der Waals surface area contributed by atoms with Gasteiger partial charge in [0.1, 0.15) is 0 Å². The second-order valence-electron chi connectivity index (χ2n) is 4.85. The summed E-state index contributed by atoms with van der Waals surface area (Å²) in [5, 5.41) is 8.00. The lowest BCUT2D eigenvalue weighted by Gasteiger charge is -2.33. The van der Waals surface area contributed by atoms with Gasteiger partial charge in [0.2, 0.25) is 5.89 Å². The molecule has 3 rings (SSSR count). The molecule has 21 heavy (non-hydrogen) atoms. The number of rotatable bonds is 3. The lowest BCUT2D eigenvalue weighted by atomic mass is 10.2. The number of carbonyl (C=O) groups is 1. The number of amides is 1. The molecule has 1 aliphatic rings. The Bertz CT molecular complexity index is 605. The Balaban J connectivity index is 1.61. The summed E-state index contributed by atoms with van der Waals surface area (Å²) in [6.07, 6.45) is 4.00. The summed E-state index contributed by atoms with van der Waals surface area (Å²) in [4.78, 5) is 20.1. The van der Waals surface area contributed by atoms with Crippen molar-refractivity contribution in [2.45, 2.75) is 13.3 Å². The minimum atomic E-state index is 0.0387. The molecule has 0 spiro atoms. The summed E-state index contributed by atoms with van der Waals surface area (Å²) >= 11 is 0. The molecule has 0 N–H and O–H groups in total. The zero-order valence-corrected chi connectivity index (χ0v) is 11.9. The quantitative estimate of drug-likeness (QED) is 0.838. The molecule has 1 saturated heterocycles. The van der Waals surface area contributed by atoms with Crippen LogP contribution in [0.5, 0.6) is 0 Å². The standard InChI is InChI=1S/C14H17N5O2/c1-2-12-16-17-14(21-12)19-9-7-18(8-10-19)13(20)11-3-5-15-6-4-11/h3-6H,2,7-10H2,1H3. The molecule has 0 unspecified atom stereocenters. The van der Waals surface area contributed by atoms with E-state index in [1.54, 1.807) is 24.5 Å². The van der Waals surface area contributed by atoms with Crippen molar-refractivity contribution in [3.05, 3.63) is 36.0 Å². The molecule has 0 atom stereocenters. The van der Waals surface area contributed by atoms with Gasteiger partial charge in [0.05, 0.1) is 0 Å². The predicted molar refractivity (Wildman–Crippen MR) is 76.0 cm³/mol. The van der Waals surface area contributed by atoms with Crippen LogP contribution in [0.25, 0.3) is 0 Å². The summed E-state index contributed by atoms with van der Waals surface area (Å²) in [6, 6.07) is 4.02. The third-order valence-electron chi connectivity index (χ3n) is 3.52. The topological polar surface area (TPSA) is 75.4 Å². The van der Waals surface area contributed by atoms with Crippen LogP contribution in [-0.4, -0.2) is 52.2 Å². The van der Waals surface area contributed by atoms with Gasteiger partial charge in [-0.1, -0.05) is 12.0 Å². The van der Waals surface area contributed by atoms with Crippen molar-refractivity contribution in [1.82, 2.24) is 20.1 Å². The van der Waals surface area contributed by atoms with Crippen LogP contribution in [-0.2, 0) is 6.42 Å². The van der Waals surface area contributed by atoms with Crippen LogP contribution >= 0.6 is 0 Å². The average Bonchev–Trinajstić information content (AvgIpc) is 3.04. The smallest absolute Gasteiger partial charge is 0.318 e. The molecule has 0 bridgehead atoms. The van der Waals surface area contributed by atoms with Gasteiger partial charge in [0, 0.05) is 50.6 Å². The molecule has 1 amide bonds.